The van der Waals surface area contributed by atoms with Crippen molar-refractivity contribution >= 4 is 11.9 Å². The van der Waals surface area contributed by atoms with Gasteiger partial charge in [-0.3, -0.25) is 9.59 Å². The van der Waals surface area contributed by atoms with E-state index in [-0.39, 0.29) is 24.9 Å². The highest BCUT2D eigenvalue weighted by Crippen LogP contribution is 2.18. The Hall–Kier alpha value is -1.40. The Balaban J connectivity index is 4.50. The highest BCUT2D eigenvalue weighted by atomic mass is 16.5. The SMILES string of the molecule is CCCCC/C=C\CCCCCCCC(=O)OC(CCCCCCCCCCCCCC)CC(=O)NC(CO)C(O)CCCCCCCCCCCCCCCCC. The molecular weight excluding hydrogens is 719 g/mol. The Labute approximate surface area is 361 Å². The van der Waals surface area contributed by atoms with Crippen molar-refractivity contribution in [2.45, 2.75) is 302 Å². The molecule has 0 fully saturated rings. The Morgan fingerprint density at radius 1 is 0.483 bits per heavy atom. The van der Waals surface area contributed by atoms with Gasteiger partial charge < -0.3 is 20.3 Å². The van der Waals surface area contributed by atoms with Gasteiger partial charge in [0.2, 0.25) is 5.91 Å². The number of esters is 1. The molecule has 0 rings (SSSR count). The van der Waals surface area contributed by atoms with Crippen LogP contribution >= 0.6 is 0 Å². The van der Waals surface area contributed by atoms with Gasteiger partial charge in [0.25, 0.3) is 0 Å². The molecule has 0 radical (unpaired) electrons. The summed E-state index contributed by atoms with van der Waals surface area (Å²) < 4.78 is 5.92. The highest BCUT2D eigenvalue weighted by molar-refractivity contribution is 5.77. The third-order valence-electron chi connectivity index (χ3n) is 12.1. The summed E-state index contributed by atoms with van der Waals surface area (Å²) in [5, 5.41) is 23.8. The Kier molecular flexibility index (Phi) is 45.5. The monoisotopic (exact) mass is 820 g/mol. The zero-order valence-electron chi connectivity index (χ0n) is 39.2. The van der Waals surface area contributed by atoms with Crippen LogP contribution in [0.25, 0.3) is 0 Å². The lowest BCUT2D eigenvalue weighted by atomic mass is 10.0. The lowest BCUT2D eigenvalue weighted by molar-refractivity contribution is -0.151. The maximum Gasteiger partial charge on any atom is 0.306 e. The molecule has 0 aromatic carbocycles. The van der Waals surface area contributed by atoms with Gasteiger partial charge in [-0.15, -0.1) is 0 Å². The largest absolute Gasteiger partial charge is 0.462 e. The number of carbonyl (C=O) groups is 2. The summed E-state index contributed by atoms with van der Waals surface area (Å²) in [6, 6.07) is -0.696. The van der Waals surface area contributed by atoms with E-state index in [1.807, 2.05) is 0 Å². The Bertz CT molecular complexity index is 878. The van der Waals surface area contributed by atoms with Gasteiger partial charge in [-0.1, -0.05) is 232 Å². The molecule has 3 N–H and O–H groups in total. The van der Waals surface area contributed by atoms with Crippen LogP contribution < -0.4 is 5.32 Å². The van der Waals surface area contributed by atoms with Crippen molar-refractivity contribution < 1.29 is 24.5 Å². The molecule has 0 aliphatic rings. The Morgan fingerprint density at radius 3 is 1.26 bits per heavy atom. The minimum absolute atomic E-state index is 0.0813. The van der Waals surface area contributed by atoms with Gasteiger partial charge in [0, 0.05) is 6.42 Å². The first-order valence-electron chi connectivity index (χ1n) is 25.9. The van der Waals surface area contributed by atoms with Gasteiger partial charge in [0.05, 0.1) is 25.2 Å². The number of hydrogen-bond donors (Lipinski definition) is 3. The number of hydrogen-bond acceptors (Lipinski definition) is 5. The van der Waals surface area contributed by atoms with E-state index in [1.165, 1.54) is 186 Å². The van der Waals surface area contributed by atoms with Crippen molar-refractivity contribution in [2.75, 3.05) is 6.61 Å². The fraction of sp³-hybridized carbons (Fsp3) is 0.923. The Morgan fingerprint density at radius 2 is 0.828 bits per heavy atom. The molecule has 6 nitrogen and oxygen atoms in total. The molecule has 0 aliphatic heterocycles. The van der Waals surface area contributed by atoms with Crippen molar-refractivity contribution in [3.05, 3.63) is 12.2 Å². The van der Waals surface area contributed by atoms with Crippen LogP contribution in [0.4, 0.5) is 0 Å². The fourth-order valence-electron chi connectivity index (χ4n) is 8.13. The summed E-state index contributed by atoms with van der Waals surface area (Å²) in [7, 11) is 0. The first-order chi connectivity index (χ1) is 28.5. The number of rotatable bonds is 47. The molecule has 0 saturated heterocycles. The molecule has 6 heteroatoms. The fourth-order valence-corrected chi connectivity index (χ4v) is 8.13. The van der Waals surface area contributed by atoms with Crippen LogP contribution in [0.3, 0.4) is 0 Å². The van der Waals surface area contributed by atoms with Crippen LogP contribution in [0.1, 0.15) is 284 Å². The maximum atomic E-state index is 13.2. The van der Waals surface area contributed by atoms with Crippen LogP contribution in [0.5, 0.6) is 0 Å². The van der Waals surface area contributed by atoms with E-state index in [0.29, 0.717) is 19.3 Å². The number of ether oxygens (including phenoxy) is 1. The first kappa shape index (κ1) is 56.6. The average Bonchev–Trinajstić information content (AvgIpc) is 3.22. The molecule has 58 heavy (non-hydrogen) atoms. The molecule has 0 aromatic rings. The maximum absolute atomic E-state index is 13.2. The average molecular weight is 820 g/mol. The minimum atomic E-state index is -0.782. The van der Waals surface area contributed by atoms with Crippen molar-refractivity contribution in [3.8, 4) is 0 Å². The lowest BCUT2D eigenvalue weighted by Crippen LogP contribution is -2.46. The van der Waals surface area contributed by atoms with Gasteiger partial charge in [0.1, 0.15) is 6.10 Å². The summed E-state index contributed by atoms with van der Waals surface area (Å²) in [4.78, 5) is 26.1. The van der Waals surface area contributed by atoms with Gasteiger partial charge in [-0.2, -0.15) is 0 Å². The number of carbonyl (C=O) groups excluding carboxylic acids is 2. The van der Waals surface area contributed by atoms with Crippen LogP contribution in [-0.2, 0) is 14.3 Å². The van der Waals surface area contributed by atoms with E-state index in [4.69, 9.17) is 4.74 Å². The van der Waals surface area contributed by atoms with Crippen molar-refractivity contribution in [3.63, 3.8) is 0 Å². The quantitative estimate of drug-likeness (QED) is 0.0323. The van der Waals surface area contributed by atoms with E-state index in [9.17, 15) is 19.8 Å². The third-order valence-corrected chi connectivity index (χ3v) is 12.1. The van der Waals surface area contributed by atoms with Crippen LogP contribution in [0, 0.1) is 0 Å². The number of aliphatic hydroxyl groups is 2. The molecule has 0 saturated carbocycles. The zero-order valence-corrected chi connectivity index (χ0v) is 39.2. The third kappa shape index (κ3) is 41.3. The molecule has 0 bridgehead atoms. The molecule has 3 atom stereocenters. The second-order valence-corrected chi connectivity index (χ2v) is 17.9. The van der Waals surface area contributed by atoms with Gasteiger partial charge in [-0.25, -0.2) is 0 Å². The molecule has 0 aromatic heterocycles. The summed E-state index contributed by atoms with van der Waals surface area (Å²) in [5.41, 5.74) is 0. The van der Waals surface area contributed by atoms with Crippen LogP contribution in [-0.4, -0.2) is 46.9 Å². The van der Waals surface area contributed by atoms with Gasteiger partial charge in [0.15, 0.2) is 0 Å². The number of nitrogens with one attached hydrogen (secondary N) is 1. The van der Waals surface area contributed by atoms with Crippen LogP contribution in [0.15, 0.2) is 12.2 Å². The predicted molar refractivity (Wildman–Crippen MR) is 250 cm³/mol. The number of unbranched alkanes of at least 4 members (excludes halogenated alkanes) is 33. The summed E-state index contributed by atoms with van der Waals surface area (Å²) in [5.74, 6) is -0.468. The van der Waals surface area contributed by atoms with Crippen molar-refractivity contribution in [1.29, 1.82) is 0 Å². The van der Waals surface area contributed by atoms with E-state index in [2.05, 4.69) is 38.2 Å². The van der Waals surface area contributed by atoms with Crippen molar-refractivity contribution in [2.24, 2.45) is 0 Å². The van der Waals surface area contributed by atoms with E-state index < -0.39 is 18.2 Å². The highest BCUT2D eigenvalue weighted by Gasteiger charge is 2.24. The number of aliphatic hydroxyl groups excluding tert-OH is 2. The zero-order chi connectivity index (χ0) is 42.4. The van der Waals surface area contributed by atoms with E-state index >= 15 is 0 Å². The smallest absolute Gasteiger partial charge is 0.306 e. The summed E-state index contributed by atoms with van der Waals surface area (Å²) in [6.07, 6.45) is 51.2. The first-order valence-corrected chi connectivity index (χ1v) is 25.9. The van der Waals surface area contributed by atoms with E-state index in [1.54, 1.807) is 0 Å². The van der Waals surface area contributed by atoms with Crippen molar-refractivity contribution in [1.82, 2.24) is 5.32 Å². The molecule has 0 aliphatic carbocycles. The molecule has 3 unspecified atom stereocenters. The standard InChI is InChI=1S/C52H101NO5/c1-4-7-10-13-16-19-22-25-26-27-29-32-35-38-41-44-50(55)49(47-54)53-51(56)46-48(43-40-37-34-31-28-23-20-17-14-11-8-5-2)58-52(57)45-42-39-36-33-30-24-21-18-15-12-9-6-3/h18,21,48-50,54-55H,4-17,19-20,22-47H2,1-3H3,(H,53,56)/b21-18-. The summed E-state index contributed by atoms with van der Waals surface area (Å²) in [6.45, 7) is 6.48. The number of allylic oxidation sites excluding steroid dienone is 2. The normalized spacial score (nSPS) is 13.3. The van der Waals surface area contributed by atoms with E-state index in [0.717, 1.165) is 51.4 Å². The minimum Gasteiger partial charge on any atom is -0.462 e. The summed E-state index contributed by atoms with van der Waals surface area (Å²) >= 11 is 0. The molecule has 344 valence electrons. The second-order valence-electron chi connectivity index (χ2n) is 17.9. The molecular formula is C52H101NO5. The number of amides is 1. The second kappa shape index (κ2) is 46.7. The molecule has 0 heterocycles. The molecule has 0 spiro atoms. The topological polar surface area (TPSA) is 95.9 Å². The van der Waals surface area contributed by atoms with Gasteiger partial charge in [-0.05, 0) is 51.4 Å². The van der Waals surface area contributed by atoms with Crippen LogP contribution in [0.2, 0.25) is 0 Å². The lowest BCUT2D eigenvalue weighted by Gasteiger charge is -2.24. The molecule has 1 amide bonds. The predicted octanol–water partition coefficient (Wildman–Crippen LogP) is 15.3. The van der Waals surface area contributed by atoms with Gasteiger partial charge >= 0.3 is 5.97 Å².